The van der Waals surface area contributed by atoms with E-state index in [1.54, 1.807) is 6.20 Å². The Hall–Kier alpha value is -1.94. The van der Waals surface area contributed by atoms with E-state index in [9.17, 15) is 4.79 Å². The molecule has 0 bridgehead atoms. The quantitative estimate of drug-likeness (QED) is 0.877. The molecular formula is C17H20N2O2. The molecule has 1 heterocycles. The van der Waals surface area contributed by atoms with Gasteiger partial charge in [0, 0.05) is 23.2 Å². The summed E-state index contributed by atoms with van der Waals surface area (Å²) in [6.07, 6.45) is 6.44. The largest absolute Gasteiger partial charge is 0.468 e. The first-order chi connectivity index (χ1) is 10.3. The summed E-state index contributed by atoms with van der Waals surface area (Å²) in [5.74, 6) is -0.250. The van der Waals surface area contributed by atoms with Crippen LogP contribution in [0.4, 0.5) is 0 Å². The number of aromatic nitrogens is 1. The van der Waals surface area contributed by atoms with Crippen LogP contribution in [0.25, 0.3) is 10.9 Å². The first-order valence-electron chi connectivity index (χ1n) is 7.47. The van der Waals surface area contributed by atoms with Gasteiger partial charge in [0.15, 0.2) is 0 Å². The maximum Gasteiger partial charge on any atom is 0.327 e. The number of esters is 1. The number of hydrogen-bond donors (Lipinski definition) is 1. The number of nitrogens with one attached hydrogen (secondary N) is 1. The molecule has 0 saturated heterocycles. The predicted molar refractivity (Wildman–Crippen MR) is 81.9 cm³/mol. The van der Waals surface area contributed by atoms with Gasteiger partial charge in [0.1, 0.15) is 6.04 Å². The standard InChI is InChI=1S/C17H20N2O2/c1-21-17(20)16(19-13-8-2-3-9-13)14-10-4-6-12-7-5-11-18-15(12)14/h4-7,10-11,13,16,19H,2-3,8-9H2,1H3. The van der Waals surface area contributed by atoms with Crippen LogP contribution in [0.15, 0.2) is 36.5 Å². The fraction of sp³-hybridized carbons (Fsp3) is 0.412. The van der Waals surface area contributed by atoms with Crippen LogP contribution in [-0.2, 0) is 9.53 Å². The number of carbonyl (C=O) groups is 1. The second kappa shape index (κ2) is 6.22. The number of carbonyl (C=O) groups excluding carboxylic acids is 1. The summed E-state index contributed by atoms with van der Waals surface area (Å²) in [6, 6.07) is 9.78. The topological polar surface area (TPSA) is 51.2 Å². The molecule has 21 heavy (non-hydrogen) atoms. The van der Waals surface area contributed by atoms with Crippen molar-refractivity contribution in [3.05, 3.63) is 42.1 Å². The van der Waals surface area contributed by atoms with Crippen LogP contribution in [0.3, 0.4) is 0 Å². The molecule has 1 atom stereocenters. The average Bonchev–Trinajstić information content (AvgIpc) is 3.04. The van der Waals surface area contributed by atoms with E-state index in [4.69, 9.17) is 4.74 Å². The lowest BCUT2D eigenvalue weighted by Gasteiger charge is -2.22. The van der Waals surface area contributed by atoms with Crippen molar-refractivity contribution in [2.75, 3.05) is 7.11 Å². The van der Waals surface area contributed by atoms with Crippen molar-refractivity contribution in [3.8, 4) is 0 Å². The van der Waals surface area contributed by atoms with Crippen molar-refractivity contribution in [2.24, 2.45) is 0 Å². The Morgan fingerprint density at radius 1 is 1.29 bits per heavy atom. The predicted octanol–water partition coefficient (Wildman–Crippen LogP) is 2.98. The normalized spacial score (nSPS) is 17.0. The maximum atomic E-state index is 12.2. The van der Waals surface area contributed by atoms with Crippen LogP contribution in [-0.4, -0.2) is 24.1 Å². The zero-order chi connectivity index (χ0) is 14.7. The highest BCUT2D eigenvalue weighted by Gasteiger charge is 2.27. The molecule has 1 unspecified atom stereocenters. The molecule has 1 aromatic heterocycles. The van der Waals surface area contributed by atoms with Crippen molar-refractivity contribution in [1.29, 1.82) is 0 Å². The van der Waals surface area contributed by atoms with Crippen molar-refractivity contribution >= 4 is 16.9 Å². The van der Waals surface area contributed by atoms with Gasteiger partial charge in [0.2, 0.25) is 0 Å². The summed E-state index contributed by atoms with van der Waals surface area (Å²) < 4.78 is 5.00. The highest BCUT2D eigenvalue weighted by molar-refractivity contribution is 5.88. The first-order valence-corrected chi connectivity index (χ1v) is 7.47. The van der Waals surface area contributed by atoms with E-state index < -0.39 is 6.04 Å². The lowest BCUT2D eigenvalue weighted by molar-refractivity contribution is -0.143. The molecule has 1 N–H and O–H groups in total. The molecule has 0 aliphatic heterocycles. The molecule has 1 fully saturated rings. The van der Waals surface area contributed by atoms with E-state index in [2.05, 4.69) is 10.3 Å². The van der Waals surface area contributed by atoms with Crippen LogP contribution >= 0.6 is 0 Å². The number of methoxy groups -OCH3 is 1. The monoisotopic (exact) mass is 284 g/mol. The van der Waals surface area contributed by atoms with Gasteiger partial charge in [-0.05, 0) is 18.9 Å². The van der Waals surface area contributed by atoms with Gasteiger partial charge < -0.3 is 4.74 Å². The van der Waals surface area contributed by atoms with Gasteiger partial charge in [0.25, 0.3) is 0 Å². The number of nitrogens with zero attached hydrogens (tertiary/aromatic N) is 1. The van der Waals surface area contributed by atoms with Crippen molar-refractivity contribution in [1.82, 2.24) is 10.3 Å². The zero-order valence-electron chi connectivity index (χ0n) is 12.2. The molecule has 1 aliphatic rings. The highest BCUT2D eigenvalue weighted by atomic mass is 16.5. The van der Waals surface area contributed by atoms with Crippen LogP contribution in [0.5, 0.6) is 0 Å². The van der Waals surface area contributed by atoms with Crippen LogP contribution in [0.2, 0.25) is 0 Å². The van der Waals surface area contributed by atoms with Gasteiger partial charge in [-0.1, -0.05) is 37.1 Å². The number of rotatable bonds is 4. The van der Waals surface area contributed by atoms with E-state index in [0.29, 0.717) is 6.04 Å². The van der Waals surface area contributed by atoms with Crippen molar-refractivity contribution in [3.63, 3.8) is 0 Å². The SMILES string of the molecule is COC(=O)C(NC1CCCC1)c1cccc2cccnc12. The molecule has 4 nitrogen and oxygen atoms in total. The summed E-state index contributed by atoms with van der Waals surface area (Å²) in [5.41, 5.74) is 1.76. The Labute approximate surface area is 124 Å². The fourth-order valence-electron chi connectivity index (χ4n) is 3.09. The van der Waals surface area contributed by atoms with E-state index in [0.717, 1.165) is 29.3 Å². The smallest absolute Gasteiger partial charge is 0.327 e. The number of benzene rings is 1. The molecule has 0 radical (unpaired) electrons. The number of para-hydroxylation sites is 1. The third-order valence-electron chi connectivity index (χ3n) is 4.17. The zero-order valence-corrected chi connectivity index (χ0v) is 12.2. The fourth-order valence-corrected chi connectivity index (χ4v) is 3.09. The Morgan fingerprint density at radius 2 is 2.05 bits per heavy atom. The maximum absolute atomic E-state index is 12.2. The molecule has 1 saturated carbocycles. The molecule has 0 spiro atoms. The van der Waals surface area contributed by atoms with Gasteiger partial charge >= 0.3 is 5.97 Å². The van der Waals surface area contributed by atoms with Gasteiger partial charge in [-0.15, -0.1) is 0 Å². The minimum atomic E-state index is -0.448. The Bertz CT molecular complexity index is 630. The van der Waals surface area contributed by atoms with Gasteiger partial charge in [-0.3, -0.25) is 10.3 Å². The van der Waals surface area contributed by atoms with Gasteiger partial charge in [-0.2, -0.15) is 0 Å². The molecule has 1 aliphatic carbocycles. The molecule has 110 valence electrons. The second-order valence-corrected chi connectivity index (χ2v) is 5.53. The average molecular weight is 284 g/mol. The van der Waals surface area contributed by atoms with E-state index in [1.165, 1.54) is 20.0 Å². The number of hydrogen-bond acceptors (Lipinski definition) is 4. The van der Waals surface area contributed by atoms with Gasteiger partial charge in [0.05, 0.1) is 12.6 Å². The van der Waals surface area contributed by atoms with Crippen molar-refractivity contribution < 1.29 is 9.53 Å². The lowest BCUT2D eigenvalue weighted by atomic mass is 10.0. The highest BCUT2D eigenvalue weighted by Crippen LogP contribution is 2.27. The molecule has 0 amide bonds. The summed E-state index contributed by atoms with van der Waals surface area (Å²) in [5, 5.41) is 4.50. The van der Waals surface area contributed by atoms with Crippen LogP contribution in [0.1, 0.15) is 37.3 Å². The third-order valence-corrected chi connectivity index (χ3v) is 4.17. The van der Waals surface area contributed by atoms with Gasteiger partial charge in [-0.25, -0.2) is 4.79 Å². The molecule has 3 rings (SSSR count). The summed E-state index contributed by atoms with van der Waals surface area (Å²) in [7, 11) is 1.43. The minimum absolute atomic E-state index is 0.250. The van der Waals surface area contributed by atoms with E-state index in [-0.39, 0.29) is 5.97 Å². The third kappa shape index (κ3) is 2.90. The van der Waals surface area contributed by atoms with E-state index >= 15 is 0 Å². The lowest BCUT2D eigenvalue weighted by Crippen LogP contribution is -2.36. The number of ether oxygens (including phenoxy) is 1. The first kappa shape index (κ1) is 14.0. The summed E-state index contributed by atoms with van der Waals surface area (Å²) in [6.45, 7) is 0. The second-order valence-electron chi connectivity index (χ2n) is 5.53. The molecule has 4 heteroatoms. The van der Waals surface area contributed by atoms with E-state index in [1.807, 2.05) is 30.3 Å². The van der Waals surface area contributed by atoms with Crippen molar-refractivity contribution in [2.45, 2.75) is 37.8 Å². The Balaban J connectivity index is 1.99. The molecular weight excluding hydrogens is 264 g/mol. The van der Waals surface area contributed by atoms with Crippen LogP contribution < -0.4 is 5.32 Å². The number of pyridine rings is 1. The summed E-state index contributed by atoms with van der Waals surface area (Å²) in [4.78, 5) is 16.7. The minimum Gasteiger partial charge on any atom is -0.468 e. The Morgan fingerprint density at radius 3 is 2.81 bits per heavy atom. The molecule has 1 aromatic carbocycles. The molecule has 2 aromatic rings. The summed E-state index contributed by atoms with van der Waals surface area (Å²) >= 11 is 0. The Kier molecular flexibility index (Phi) is 4.15. The number of fused-ring (bicyclic) bond motifs is 1. The van der Waals surface area contributed by atoms with Crippen LogP contribution in [0, 0.1) is 0 Å².